The van der Waals surface area contributed by atoms with Crippen LogP contribution in [0.15, 0.2) is 4.99 Å². The molecule has 0 aromatic heterocycles. The van der Waals surface area contributed by atoms with Crippen LogP contribution in [0, 0.1) is 5.92 Å². The maximum absolute atomic E-state index is 11.5. The second-order valence-corrected chi connectivity index (χ2v) is 9.61. The van der Waals surface area contributed by atoms with Crippen molar-refractivity contribution in [2.24, 2.45) is 10.9 Å². The van der Waals surface area contributed by atoms with E-state index < -0.39 is 15.6 Å². The van der Waals surface area contributed by atoms with E-state index in [1.807, 2.05) is 13.8 Å². The fourth-order valence-electron chi connectivity index (χ4n) is 3.60. The lowest BCUT2D eigenvalue weighted by molar-refractivity contribution is 0.00272. The minimum absolute atomic E-state index is 0.421. The molecule has 1 aliphatic heterocycles. The number of nitrogens with one attached hydrogen (secondary N) is 3. The number of morpholine rings is 1. The van der Waals surface area contributed by atoms with Crippen molar-refractivity contribution in [3.05, 3.63) is 0 Å². The van der Waals surface area contributed by atoms with Gasteiger partial charge in [-0.25, -0.2) is 13.1 Å². The van der Waals surface area contributed by atoms with Gasteiger partial charge in [-0.05, 0) is 19.8 Å². The largest absolute Gasteiger partial charge is 0.379 e. The van der Waals surface area contributed by atoms with Crippen LogP contribution in [0.1, 0.15) is 40.5 Å². The number of nitrogens with zero attached hydrogens (tertiary/aromatic N) is 2. The Bertz CT molecular complexity index is 555. The predicted octanol–water partition coefficient (Wildman–Crippen LogP) is 0.616. The summed E-state index contributed by atoms with van der Waals surface area (Å²) < 4.78 is 31.1. The van der Waals surface area contributed by atoms with Gasteiger partial charge in [0.15, 0.2) is 5.96 Å². The van der Waals surface area contributed by atoms with Crippen molar-refractivity contribution in [1.82, 2.24) is 20.3 Å². The first kappa shape index (κ1) is 24.1. The third-order valence-electron chi connectivity index (χ3n) is 4.97. The van der Waals surface area contributed by atoms with Crippen LogP contribution in [0.25, 0.3) is 0 Å². The maximum atomic E-state index is 11.5. The highest BCUT2D eigenvalue weighted by atomic mass is 32.2. The summed E-state index contributed by atoms with van der Waals surface area (Å²) in [5.41, 5.74) is -0.607. The van der Waals surface area contributed by atoms with Gasteiger partial charge >= 0.3 is 0 Å². The van der Waals surface area contributed by atoms with E-state index in [9.17, 15) is 8.42 Å². The molecule has 1 aliphatic rings. The number of guanidine groups is 1. The molecule has 1 heterocycles. The summed E-state index contributed by atoms with van der Waals surface area (Å²) >= 11 is 0. The number of aliphatic imine (C=N–C) groups is 1. The standard InChI is InChI=1S/C18H39N5O3S/c1-7-15(8-2)16(23-9-11-26-12-10-23)13-20-17(19-5)21-14-18(3,4)22-27(6,24)25/h15-16,22H,7-14H2,1-6H3,(H2,19,20,21). The van der Waals surface area contributed by atoms with Crippen LogP contribution in [-0.4, -0.2) is 83.6 Å². The van der Waals surface area contributed by atoms with E-state index >= 15 is 0 Å². The molecule has 0 radical (unpaired) electrons. The molecule has 1 fully saturated rings. The van der Waals surface area contributed by atoms with Gasteiger partial charge in [0.2, 0.25) is 10.0 Å². The molecule has 0 aliphatic carbocycles. The van der Waals surface area contributed by atoms with Crippen LogP contribution in [0.3, 0.4) is 0 Å². The molecule has 0 amide bonds. The van der Waals surface area contributed by atoms with E-state index in [1.165, 1.54) is 6.26 Å². The lowest BCUT2D eigenvalue weighted by atomic mass is 9.92. The fourth-order valence-corrected chi connectivity index (χ4v) is 4.68. The highest BCUT2D eigenvalue weighted by Gasteiger charge is 2.27. The minimum atomic E-state index is -3.26. The number of ether oxygens (including phenoxy) is 1. The molecule has 0 saturated carbocycles. The molecular formula is C18H39N5O3S. The first-order chi connectivity index (χ1) is 12.6. The van der Waals surface area contributed by atoms with E-state index in [-0.39, 0.29) is 0 Å². The monoisotopic (exact) mass is 405 g/mol. The molecule has 1 rings (SSSR count). The molecule has 3 N–H and O–H groups in total. The summed E-state index contributed by atoms with van der Waals surface area (Å²) in [6.45, 7) is 12.9. The van der Waals surface area contributed by atoms with Crippen LogP contribution >= 0.6 is 0 Å². The lowest BCUT2D eigenvalue weighted by Crippen LogP contribution is -2.56. The van der Waals surface area contributed by atoms with E-state index in [0.717, 1.165) is 45.7 Å². The Morgan fingerprint density at radius 3 is 2.26 bits per heavy atom. The summed E-state index contributed by atoms with van der Waals surface area (Å²) in [6, 6.07) is 0.421. The Kier molecular flexibility index (Phi) is 10.0. The molecule has 1 saturated heterocycles. The molecule has 27 heavy (non-hydrogen) atoms. The van der Waals surface area contributed by atoms with E-state index in [2.05, 4.69) is 39.1 Å². The highest BCUT2D eigenvalue weighted by molar-refractivity contribution is 7.88. The van der Waals surface area contributed by atoms with Gasteiger partial charge in [0.05, 0.1) is 19.5 Å². The predicted molar refractivity (Wildman–Crippen MR) is 112 cm³/mol. The second kappa shape index (κ2) is 11.2. The van der Waals surface area contributed by atoms with Crippen molar-refractivity contribution in [2.75, 3.05) is 52.7 Å². The number of hydrogen-bond acceptors (Lipinski definition) is 5. The van der Waals surface area contributed by atoms with Crippen molar-refractivity contribution in [2.45, 2.75) is 52.1 Å². The van der Waals surface area contributed by atoms with Crippen molar-refractivity contribution >= 4 is 16.0 Å². The highest BCUT2D eigenvalue weighted by Crippen LogP contribution is 2.19. The fraction of sp³-hybridized carbons (Fsp3) is 0.944. The average Bonchev–Trinajstić information content (AvgIpc) is 2.59. The Morgan fingerprint density at radius 2 is 1.78 bits per heavy atom. The molecule has 0 spiro atoms. The van der Waals surface area contributed by atoms with E-state index in [1.54, 1.807) is 7.05 Å². The van der Waals surface area contributed by atoms with E-state index in [4.69, 9.17) is 4.74 Å². The normalized spacial score (nSPS) is 18.6. The van der Waals surface area contributed by atoms with Crippen LogP contribution < -0.4 is 15.4 Å². The summed E-state index contributed by atoms with van der Waals surface area (Å²) in [7, 11) is -1.53. The van der Waals surface area contributed by atoms with Crippen molar-refractivity contribution in [3.8, 4) is 0 Å². The first-order valence-electron chi connectivity index (χ1n) is 9.87. The molecular weight excluding hydrogens is 366 g/mol. The molecule has 9 heteroatoms. The SMILES string of the molecule is CCC(CC)C(CNC(=NC)NCC(C)(C)NS(C)(=O)=O)N1CCOCC1. The van der Waals surface area contributed by atoms with Gasteiger partial charge in [0.25, 0.3) is 0 Å². The van der Waals surface area contributed by atoms with E-state index in [0.29, 0.717) is 24.5 Å². The molecule has 8 nitrogen and oxygen atoms in total. The molecule has 1 atom stereocenters. The third-order valence-corrected chi connectivity index (χ3v) is 5.89. The van der Waals surface area contributed by atoms with Gasteiger partial charge in [-0.3, -0.25) is 9.89 Å². The summed E-state index contributed by atoms with van der Waals surface area (Å²) in [5.74, 6) is 1.29. The Hall–Kier alpha value is -0.900. The second-order valence-electron chi connectivity index (χ2n) is 7.86. The maximum Gasteiger partial charge on any atom is 0.209 e. The van der Waals surface area contributed by atoms with Crippen molar-refractivity contribution in [1.29, 1.82) is 0 Å². The topological polar surface area (TPSA) is 95.1 Å². The average molecular weight is 406 g/mol. The van der Waals surface area contributed by atoms with Crippen LogP contribution in [0.2, 0.25) is 0 Å². The van der Waals surface area contributed by atoms with Crippen LogP contribution in [0.5, 0.6) is 0 Å². The smallest absolute Gasteiger partial charge is 0.209 e. The minimum Gasteiger partial charge on any atom is -0.379 e. The van der Waals surface area contributed by atoms with Gasteiger partial charge in [-0.1, -0.05) is 26.7 Å². The Labute approximate surface area is 165 Å². The van der Waals surface area contributed by atoms with Gasteiger partial charge in [0.1, 0.15) is 0 Å². The molecule has 0 bridgehead atoms. The van der Waals surface area contributed by atoms with Crippen LogP contribution in [0.4, 0.5) is 0 Å². The third kappa shape index (κ3) is 9.23. The number of rotatable bonds is 10. The molecule has 1 unspecified atom stereocenters. The Balaban J connectivity index is 2.65. The summed E-state index contributed by atoms with van der Waals surface area (Å²) in [4.78, 5) is 6.80. The zero-order valence-corrected chi connectivity index (χ0v) is 18.7. The summed E-state index contributed by atoms with van der Waals surface area (Å²) in [5, 5.41) is 6.66. The van der Waals surface area contributed by atoms with Crippen LogP contribution in [-0.2, 0) is 14.8 Å². The van der Waals surface area contributed by atoms with Gasteiger partial charge in [-0.2, -0.15) is 0 Å². The van der Waals surface area contributed by atoms with Gasteiger partial charge < -0.3 is 15.4 Å². The Morgan fingerprint density at radius 1 is 1.19 bits per heavy atom. The van der Waals surface area contributed by atoms with Gasteiger partial charge in [0, 0.05) is 44.8 Å². The number of sulfonamides is 1. The van der Waals surface area contributed by atoms with Crippen molar-refractivity contribution < 1.29 is 13.2 Å². The molecule has 0 aromatic carbocycles. The number of hydrogen-bond donors (Lipinski definition) is 3. The molecule has 0 aromatic rings. The first-order valence-corrected chi connectivity index (χ1v) is 11.8. The zero-order chi connectivity index (χ0) is 20.5. The van der Waals surface area contributed by atoms with Gasteiger partial charge in [-0.15, -0.1) is 0 Å². The zero-order valence-electron chi connectivity index (χ0n) is 17.8. The lowest BCUT2D eigenvalue weighted by Gasteiger charge is -2.39. The summed E-state index contributed by atoms with van der Waals surface area (Å²) in [6.07, 6.45) is 3.44. The molecule has 160 valence electrons. The van der Waals surface area contributed by atoms with Crippen molar-refractivity contribution in [3.63, 3.8) is 0 Å². The quantitative estimate of drug-likeness (QED) is 0.364.